The highest BCUT2D eigenvalue weighted by atomic mass is 16.3. The lowest BCUT2D eigenvalue weighted by molar-refractivity contribution is -0.143. The Labute approximate surface area is 116 Å². The van der Waals surface area contributed by atoms with Crippen molar-refractivity contribution in [2.75, 3.05) is 19.7 Å². The molecule has 0 radical (unpaired) electrons. The van der Waals surface area contributed by atoms with Crippen molar-refractivity contribution in [3.05, 3.63) is 12.7 Å². The minimum atomic E-state index is -0.108. The number of amides is 1. The quantitative estimate of drug-likeness (QED) is 0.741. The van der Waals surface area contributed by atoms with Gasteiger partial charge in [-0.05, 0) is 24.2 Å². The molecule has 0 saturated heterocycles. The highest BCUT2D eigenvalue weighted by molar-refractivity contribution is 5.80. The van der Waals surface area contributed by atoms with E-state index in [4.69, 9.17) is 10.8 Å². The summed E-state index contributed by atoms with van der Waals surface area (Å²) in [4.78, 5) is 14.4. The molecule has 4 heteroatoms. The molecule has 19 heavy (non-hydrogen) atoms. The van der Waals surface area contributed by atoms with Crippen LogP contribution in [0.1, 0.15) is 33.6 Å². The normalized spacial score (nSPS) is 29.8. The summed E-state index contributed by atoms with van der Waals surface area (Å²) in [6.45, 7) is 10.9. The fourth-order valence-corrected chi connectivity index (χ4v) is 3.08. The van der Waals surface area contributed by atoms with Crippen LogP contribution in [0.5, 0.6) is 0 Å². The van der Waals surface area contributed by atoms with Crippen molar-refractivity contribution in [1.82, 2.24) is 4.90 Å². The predicted molar refractivity (Wildman–Crippen MR) is 77.5 cm³/mol. The van der Waals surface area contributed by atoms with E-state index in [1.165, 1.54) is 0 Å². The summed E-state index contributed by atoms with van der Waals surface area (Å²) in [5, 5.41) is 9.09. The van der Waals surface area contributed by atoms with Gasteiger partial charge in [-0.25, -0.2) is 0 Å². The van der Waals surface area contributed by atoms with Gasteiger partial charge in [-0.1, -0.05) is 26.8 Å². The largest absolute Gasteiger partial charge is 0.395 e. The molecule has 1 aliphatic rings. The number of carbonyl (C=O) groups excluding carboxylic acids is 1. The Hall–Kier alpha value is -0.870. The van der Waals surface area contributed by atoms with Gasteiger partial charge in [0.05, 0.1) is 6.61 Å². The van der Waals surface area contributed by atoms with Crippen molar-refractivity contribution >= 4 is 5.91 Å². The smallest absolute Gasteiger partial charge is 0.226 e. The molecule has 1 aliphatic carbocycles. The van der Waals surface area contributed by atoms with E-state index in [9.17, 15) is 4.79 Å². The van der Waals surface area contributed by atoms with Gasteiger partial charge < -0.3 is 15.7 Å². The van der Waals surface area contributed by atoms with E-state index in [1.54, 1.807) is 11.0 Å². The van der Waals surface area contributed by atoms with Crippen molar-refractivity contribution in [2.45, 2.75) is 39.7 Å². The molecule has 3 unspecified atom stereocenters. The maximum atomic E-state index is 12.7. The van der Waals surface area contributed by atoms with Crippen LogP contribution in [0.4, 0.5) is 0 Å². The maximum Gasteiger partial charge on any atom is 0.226 e. The second-order valence-corrected chi connectivity index (χ2v) is 6.20. The zero-order valence-corrected chi connectivity index (χ0v) is 12.4. The van der Waals surface area contributed by atoms with Crippen LogP contribution in [0, 0.1) is 17.3 Å². The van der Waals surface area contributed by atoms with Crippen LogP contribution < -0.4 is 5.73 Å². The third-order valence-corrected chi connectivity index (χ3v) is 4.83. The second kappa shape index (κ2) is 6.53. The number of carbonyl (C=O) groups is 1. The first kappa shape index (κ1) is 16.2. The molecule has 0 aromatic rings. The highest BCUT2D eigenvalue weighted by Crippen LogP contribution is 2.45. The Morgan fingerprint density at radius 3 is 2.68 bits per heavy atom. The summed E-state index contributed by atoms with van der Waals surface area (Å²) in [5.41, 5.74) is 6.02. The Kier molecular flexibility index (Phi) is 5.56. The fourth-order valence-electron chi connectivity index (χ4n) is 3.08. The number of rotatable bonds is 5. The monoisotopic (exact) mass is 268 g/mol. The molecular weight excluding hydrogens is 240 g/mol. The van der Waals surface area contributed by atoms with Crippen LogP contribution in [0.25, 0.3) is 0 Å². The molecule has 1 rings (SSSR count). The van der Waals surface area contributed by atoms with Crippen molar-refractivity contribution in [2.24, 2.45) is 23.0 Å². The van der Waals surface area contributed by atoms with Crippen LogP contribution in [0.3, 0.4) is 0 Å². The number of nitrogens with zero attached hydrogens (tertiary/aromatic N) is 1. The minimum Gasteiger partial charge on any atom is -0.395 e. The molecule has 0 spiro atoms. The SMILES string of the molecule is C=CCN(CCO)C(=O)C1CCC(N)C(C)C1(C)C. The van der Waals surface area contributed by atoms with Crippen LogP contribution in [0.15, 0.2) is 12.7 Å². The first-order valence-corrected chi connectivity index (χ1v) is 7.12. The zero-order valence-electron chi connectivity index (χ0n) is 12.4. The average Bonchev–Trinajstić information content (AvgIpc) is 2.35. The number of hydrogen-bond acceptors (Lipinski definition) is 3. The average molecular weight is 268 g/mol. The van der Waals surface area contributed by atoms with Crippen molar-refractivity contribution in [1.29, 1.82) is 0 Å². The van der Waals surface area contributed by atoms with Gasteiger partial charge in [0.15, 0.2) is 0 Å². The van der Waals surface area contributed by atoms with E-state index >= 15 is 0 Å². The summed E-state index contributed by atoms with van der Waals surface area (Å²) < 4.78 is 0. The lowest BCUT2D eigenvalue weighted by Crippen LogP contribution is -2.52. The molecule has 4 nitrogen and oxygen atoms in total. The van der Waals surface area contributed by atoms with Crippen LogP contribution in [0.2, 0.25) is 0 Å². The van der Waals surface area contributed by atoms with E-state index in [1.807, 2.05) is 0 Å². The van der Waals surface area contributed by atoms with Gasteiger partial charge in [-0.3, -0.25) is 4.79 Å². The van der Waals surface area contributed by atoms with Gasteiger partial charge in [0.1, 0.15) is 0 Å². The molecule has 3 atom stereocenters. The molecular formula is C15H28N2O2. The van der Waals surface area contributed by atoms with Gasteiger partial charge in [0.2, 0.25) is 5.91 Å². The minimum absolute atomic E-state index is 0.0121. The maximum absolute atomic E-state index is 12.7. The fraction of sp³-hybridized carbons (Fsp3) is 0.800. The molecule has 0 aromatic carbocycles. The molecule has 0 aromatic heterocycles. The number of hydrogen-bond donors (Lipinski definition) is 2. The first-order valence-electron chi connectivity index (χ1n) is 7.12. The van der Waals surface area contributed by atoms with Crippen LogP contribution in [-0.4, -0.2) is 41.7 Å². The Balaban J connectivity index is 2.87. The molecule has 1 saturated carbocycles. The topological polar surface area (TPSA) is 66.6 Å². The summed E-state index contributed by atoms with van der Waals surface area (Å²) in [5.74, 6) is 0.418. The lowest BCUT2D eigenvalue weighted by Gasteiger charge is -2.47. The number of aliphatic hydroxyl groups excluding tert-OH is 1. The molecule has 0 aliphatic heterocycles. The predicted octanol–water partition coefficient (Wildman–Crippen LogP) is 1.39. The summed E-state index contributed by atoms with van der Waals surface area (Å²) in [6.07, 6.45) is 3.43. The molecule has 0 heterocycles. The van der Waals surface area contributed by atoms with E-state index in [2.05, 4.69) is 27.4 Å². The molecule has 1 fully saturated rings. The van der Waals surface area contributed by atoms with Gasteiger partial charge in [-0.2, -0.15) is 0 Å². The van der Waals surface area contributed by atoms with Gasteiger partial charge >= 0.3 is 0 Å². The van der Waals surface area contributed by atoms with E-state index in [-0.39, 0.29) is 29.9 Å². The molecule has 110 valence electrons. The standard InChI is InChI=1S/C15H28N2O2/c1-5-8-17(9-10-18)14(19)12-6-7-13(16)11(2)15(12,3)4/h5,11-13,18H,1,6-10,16H2,2-4H3. The Morgan fingerprint density at radius 1 is 1.53 bits per heavy atom. The summed E-state index contributed by atoms with van der Waals surface area (Å²) in [6, 6.07) is 0.171. The van der Waals surface area contributed by atoms with E-state index < -0.39 is 0 Å². The number of aliphatic hydroxyl groups is 1. The lowest BCUT2D eigenvalue weighted by atomic mass is 9.60. The van der Waals surface area contributed by atoms with Crippen molar-refractivity contribution in [3.8, 4) is 0 Å². The van der Waals surface area contributed by atoms with Crippen LogP contribution >= 0.6 is 0 Å². The highest BCUT2D eigenvalue weighted by Gasteiger charge is 2.45. The molecule has 1 amide bonds. The Bertz CT molecular complexity index is 328. The van der Waals surface area contributed by atoms with E-state index in [0.717, 1.165) is 12.8 Å². The third-order valence-electron chi connectivity index (χ3n) is 4.83. The van der Waals surface area contributed by atoms with Gasteiger partial charge in [0.25, 0.3) is 0 Å². The third kappa shape index (κ3) is 3.37. The van der Waals surface area contributed by atoms with Crippen molar-refractivity contribution < 1.29 is 9.90 Å². The second-order valence-electron chi connectivity index (χ2n) is 6.20. The summed E-state index contributed by atoms with van der Waals surface area (Å²) >= 11 is 0. The van der Waals surface area contributed by atoms with Gasteiger partial charge in [0, 0.05) is 25.0 Å². The van der Waals surface area contributed by atoms with Gasteiger partial charge in [-0.15, -0.1) is 6.58 Å². The Morgan fingerprint density at radius 2 is 2.16 bits per heavy atom. The summed E-state index contributed by atoms with van der Waals surface area (Å²) in [7, 11) is 0. The first-order chi connectivity index (χ1) is 8.86. The van der Waals surface area contributed by atoms with Crippen molar-refractivity contribution in [3.63, 3.8) is 0 Å². The molecule has 3 N–H and O–H groups in total. The van der Waals surface area contributed by atoms with Crippen LogP contribution in [-0.2, 0) is 4.79 Å². The molecule has 0 bridgehead atoms. The number of nitrogens with two attached hydrogens (primary N) is 1. The zero-order chi connectivity index (χ0) is 14.6. The van der Waals surface area contributed by atoms with E-state index in [0.29, 0.717) is 19.0 Å².